The van der Waals surface area contributed by atoms with E-state index in [0.29, 0.717) is 0 Å². The summed E-state index contributed by atoms with van der Waals surface area (Å²) in [6.07, 6.45) is 8.01. The highest BCUT2D eigenvalue weighted by Crippen LogP contribution is 2.22. The van der Waals surface area contributed by atoms with Gasteiger partial charge in [0.05, 0.1) is 5.69 Å². The van der Waals surface area contributed by atoms with Crippen molar-refractivity contribution in [2.75, 3.05) is 12.0 Å². The first-order chi connectivity index (χ1) is 9.92. The zero-order chi connectivity index (χ0) is 14.0. The Hall–Kier alpha value is -1.54. The van der Waals surface area contributed by atoms with Gasteiger partial charge in [-0.15, -0.1) is 0 Å². The van der Waals surface area contributed by atoms with Crippen molar-refractivity contribution in [2.45, 2.75) is 45.4 Å². The van der Waals surface area contributed by atoms with Crippen molar-refractivity contribution >= 4 is 16.5 Å². The summed E-state index contributed by atoms with van der Waals surface area (Å²) in [6.45, 7) is 3.28. The van der Waals surface area contributed by atoms with Crippen molar-refractivity contribution in [3.63, 3.8) is 0 Å². The number of anilines is 1. The molecular formula is C18H26N2. The number of hydrogen-bond acceptors (Lipinski definition) is 2. The first-order valence-corrected chi connectivity index (χ1v) is 7.88. The molecule has 0 bridgehead atoms. The number of hydrazine groups is 1. The van der Waals surface area contributed by atoms with E-state index >= 15 is 0 Å². The zero-order valence-electron chi connectivity index (χ0n) is 12.5. The first-order valence-electron chi connectivity index (χ1n) is 7.88. The fourth-order valence-electron chi connectivity index (χ4n) is 2.49. The monoisotopic (exact) mass is 270 g/mol. The van der Waals surface area contributed by atoms with Gasteiger partial charge in [0, 0.05) is 11.9 Å². The summed E-state index contributed by atoms with van der Waals surface area (Å²) >= 11 is 0. The molecule has 0 unspecified atom stereocenters. The van der Waals surface area contributed by atoms with E-state index in [4.69, 9.17) is 0 Å². The summed E-state index contributed by atoms with van der Waals surface area (Å²) < 4.78 is 0. The lowest BCUT2D eigenvalue weighted by molar-refractivity contribution is 0.591. The Morgan fingerprint density at radius 2 is 1.55 bits per heavy atom. The molecule has 2 rings (SSSR count). The minimum atomic E-state index is 1.02. The van der Waals surface area contributed by atoms with E-state index in [1.165, 1.54) is 49.3 Å². The highest BCUT2D eigenvalue weighted by Gasteiger charge is 1.98. The van der Waals surface area contributed by atoms with Crippen LogP contribution in [-0.2, 0) is 0 Å². The Kier molecular flexibility index (Phi) is 6.39. The van der Waals surface area contributed by atoms with Gasteiger partial charge >= 0.3 is 0 Å². The van der Waals surface area contributed by atoms with Crippen LogP contribution in [0.25, 0.3) is 10.8 Å². The van der Waals surface area contributed by atoms with Crippen LogP contribution in [0.5, 0.6) is 0 Å². The van der Waals surface area contributed by atoms with Crippen LogP contribution in [-0.4, -0.2) is 6.54 Å². The Balaban J connectivity index is 1.71. The Labute approximate surface area is 122 Å². The van der Waals surface area contributed by atoms with Crippen LogP contribution in [0.3, 0.4) is 0 Å². The lowest BCUT2D eigenvalue weighted by Crippen LogP contribution is -2.22. The second-order valence-corrected chi connectivity index (χ2v) is 5.35. The van der Waals surface area contributed by atoms with Crippen LogP contribution in [0.2, 0.25) is 0 Å². The molecule has 2 N–H and O–H groups in total. The highest BCUT2D eigenvalue weighted by atomic mass is 15.3. The molecule has 2 aromatic carbocycles. The minimum Gasteiger partial charge on any atom is -0.321 e. The van der Waals surface area contributed by atoms with E-state index in [-0.39, 0.29) is 0 Å². The summed E-state index contributed by atoms with van der Waals surface area (Å²) in [5.74, 6) is 0. The van der Waals surface area contributed by atoms with Crippen molar-refractivity contribution in [3.8, 4) is 0 Å². The minimum absolute atomic E-state index is 1.02. The quantitative estimate of drug-likeness (QED) is 0.488. The van der Waals surface area contributed by atoms with E-state index in [1.54, 1.807) is 0 Å². The van der Waals surface area contributed by atoms with Gasteiger partial charge in [-0.05, 0) is 17.9 Å². The van der Waals surface area contributed by atoms with Crippen molar-refractivity contribution in [2.24, 2.45) is 0 Å². The van der Waals surface area contributed by atoms with Gasteiger partial charge in [0.2, 0.25) is 0 Å². The Morgan fingerprint density at radius 3 is 2.45 bits per heavy atom. The molecule has 2 heteroatoms. The largest absolute Gasteiger partial charge is 0.321 e. The number of fused-ring (bicyclic) bond motifs is 1. The Morgan fingerprint density at radius 1 is 0.800 bits per heavy atom. The van der Waals surface area contributed by atoms with Gasteiger partial charge in [0.15, 0.2) is 0 Å². The highest BCUT2D eigenvalue weighted by molar-refractivity contribution is 5.93. The predicted molar refractivity (Wildman–Crippen MR) is 88.9 cm³/mol. The van der Waals surface area contributed by atoms with Crippen LogP contribution < -0.4 is 10.9 Å². The lowest BCUT2D eigenvalue weighted by Gasteiger charge is -2.11. The molecule has 0 amide bonds. The summed E-state index contributed by atoms with van der Waals surface area (Å²) in [5, 5.41) is 2.55. The standard InChI is InChI=1S/C18H26N2/c1-2-3-4-5-6-9-15-19-20-18-14-10-12-16-11-7-8-13-17(16)18/h7-8,10-14,19-20H,2-6,9,15H2,1H3. The van der Waals surface area contributed by atoms with Crippen LogP contribution >= 0.6 is 0 Å². The maximum Gasteiger partial charge on any atom is 0.0565 e. The van der Waals surface area contributed by atoms with Crippen LogP contribution in [0, 0.1) is 0 Å². The molecule has 0 heterocycles. The summed E-state index contributed by atoms with van der Waals surface area (Å²) in [5.41, 5.74) is 7.84. The number of benzene rings is 2. The van der Waals surface area contributed by atoms with Crippen molar-refractivity contribution < 1.29 is 0 Å². The number of nitrogens with one attached hydrogen (secondary N) is 2. The molecule has 0 radical (unpaired) electrons. The first kappa shape index (κ1) is 14.9. The van der Waals surface area contributed by atoms with Gasteiger partial charge in [0.1, 0.15) is 0 Å². The van der Waals surface area contributed by atoms with Crippen LogP contribution in [0.4, 0.5) is 5.69 Å². The molecule has 0 fully saturated rings. The third-order valence-electron chi connectivity index (χ3n) is 3.67. The number of hydrogen-bond donors (Lipinski definition) is 2. The van der Waals surface area contributed by atoms with E-state index in [2.05, 4.69) is 60.2 Å². The van der Waals surface area contributed by atoms with Gasteiger partial charge in [-0.1, -0.05) is 75.4 Å². The molecular weight excluding hydrogens is 244 g/mol. The zero-order valence-corrected chi connectivity index (χ0v) is 12.5. The predicted octanol–water partition coefficient (Wildman–Crippen LogP) is 5.12. The van der Waals surface area contributed by atoms with Gasteiger partial charge in [-0.2, -0.15) is 0 Å². The average Bonchev–Trinajstić information content (AvgIpc) is 2.50. The normalized spacial score (nSPS) is 10.8. The van der Waals surface area contributed by atoms with Crippen molar-refractivity contribution in [1.82, 2.24) is 5.43 Å². The molecule has 20 heavy (non-hydrogen) atoms. The molecule has 0 saturated carbocycles. The van der Waals surface area contributed by atoms with E-state index in [9.17, 15) is 0 Å². The molecule has 0 aliphatic heterocycles. The fourth-order valence-corrected chi connectivity index (χ4v) is 2.49. The second kappa shape index (κ2) is 8.60. The van der Waals surface area contributed by atoms with Crippen LogP contribution in [0.1, 0.15) is 45.4 Å². The Bertz CT molecular complexity index is 502. The maximum absolute atomic E-state index is 3.34. The molecule has 0 aliphatic carbocycles. The SMILES string of the molecule is CCCCCCCCNNc1cccc2ccccc12. The topological polar surface area (TPSA) is 24.1 Å². The molecule has 2 nitrogen and oxygen atoms in total. The second-order valence-electron chi connectivity index (χ2n) is 5.35. The van der Waals surface area contributed by atoms with E-state index in [1.807, 2.05) is 0 Å². The molecule has 0 atom stereocenters. The van der Waals surface area contributed by atoms with Crippen molar-refractivity contribution in [3.05, 3.63) is 42.5 Å². The molecule has 0 spiro atoms. The van der Waals surface area contributed by atoms with Crippen molar-refractivity contribution in [1.29, 1.82) is 0 Å². The lowest BCUT2D eigenvalue weighted by atomic mass is 10.1. The summed E-state index contributed by atoms with van der Waals surface area (Å²) in [7, 11) is 0. The third-order valence-corrected chi connectivity index (χ3v) is 3.67. The summed E-state index contributed by atoms with van der Waals surface area (Å²) in [4.78, 5) is 0. The molecule has 0 aromatic heterocycles. The molecule has 2 aromatic rings. The third kappa shape index (κ3) is 4.53. The summed E-state index contributed by atoms with van der Waals surface area (Å²) in [6, 6.07) is 14.8. The van der Waals surface area contributed by atoms with E-state index in [0.717, 1.165) is 12.2 Å². The van der Waals surface area contributed by atoms with Gasteiger partial charge in [-0.25, -0.2) is 5.43 Å². The maximum atomic E-state index is 3.34. The van der Waals surface area contributed by atoms with Crippen LogP contribution in [0.15, 0.2) is 42.5 Å². The molecule has 0 aliphatic rings. The smallest absolute Gasteiger partial charge is 0.0565 e. The number of unbranched alkanes of at least 4 members (excludes halogenated alkanes) is 5. The van der Waals surface area contributed by atoms with E-state index < -0.39 is 0 Å². The average molecular weight is 270 g/mol. The van der Waals surface area contributed by atoms with Gasteiger partial charge in [-0.3, -0.25) is 0 Å². The van der Waals surface area contributed by atoms with Gasteiger partial charge in [0.25, 0.3) is 0 Å². The molecule has 0 saturated heterocycles. The fraction of sp³-hybridized carbons (Fsp3) is 0.444. The van der Waals surface area contributed by atoms with Gasteiger partial charge < -0.3 is 5.43 Å². The number of rotatable bonds is 9. The molecule has 108 valence electrons.